The van der Waals surface area contributed by atoms with E-state index < -0.39 is 0 Å². The quantitative estimate of drug-likeness (QED) is 0.316. The van der Waals surface area contributed by atoms with Gasteiger partial charge >= 0.3 is 0 Å². The number of hydrogen-bond donors (Lipinski definition) is 0. The first-order chi connectivity index (χ1) is 16.1. The third-order valence-corrected chi connectivity index (χ3v) is 6.49. The molecular formula is C29H32N2O2. The minimum Gasteiger partial charge on any atom is -0.493 e. The molecule has 170 valence electrons. The van der Waals surface area contributed by atoms with Crippen LogP contribution in [-0.4, -0.2) is 36.2 Å². The highest BCUT2D eigenvalue weighted by Crippen LogP contribution is 2.39. The maximum Gasteiger partial charge on any atom is 0.161 e. The van der Waals surface area contributed by atoms with Crippen molar-refractivity contribution in [1.29, 1.82) is 0 Å². The van der Waals surface area contributed by atoms with Gasteiger partial charge in [-0.3, -0.25) is 4.90 Å². The predicted molar refractivity (Wildman–Crippen MR) is 136 cm³/mol. The molecule has 0 saturated carbocycles. The average Bonchev–Trinajstić information content (AvgIpc) is 2.83. The lowest BCUT2D eigenvalue weighted by Gasteiger charge is -2.31. The molecule has 0 atom stereocenters. The van der Waals surface area contributed by atoms with Crippen LogP contribution in [-0.2, 0) is 13.0 Å². The predicted octanol–water partition coefficient (Wildman–Crippen LogP) is 6.62. The zero-order chi connectivity index (χ0) is 22.9. The molecule has 0 N–H and O–H groups in total. The smallest absolute Gasteiger partial charge is 0.161 e. The second-order valence-corrected chi connectivity index (χ2v) is 9.16. The van der Waals surface area contributed by atoms with Gasteiger partial charge < -0.3 is 9.47 Å². The topological polar surface area (TPSA) is 34.6 Å². The molecule has 4 aromatic rings. The van der Waals surface area contributed by atoms with Gasteiger partial charge in [0.15, 0.2) is 11.5 Å². The van der Waals surface area contributed by atoms with Crippen LogP contribution in [0.25, 0.3) is 32.9 Å². The van der Waals surface area contributed by atoms with Crippen molar-refractivity contribution in [1.82, 2.24) is 9.88 Å². The van der Waals surface area contributed by atoms with Crippen molar-refractivity contribution in [2.75, 3.05) is 20.2 Å². The molecular weight excluding hydrogens is 408 g/mol. The average molecular weight is 441 g/mol. The fourth-order valence-electron chi connectivity index (χ4n) is 5.08. The van der Waals surface area contributed by atoms with Gasteiger partial charge in [-0.25, -0.2) is 4.98 Å². The number of nitrogens with zero attached hydrogens (tertiary/aromatic N) is 2. The Balaban J connectivity index is 1.74. The van der Waals surface area contributed by atoms with E-state index in [0.29, 0.717) is 0 Å². The lowest BCUT2D eigenvalue weighted by molar-refractivity contribution is 0.230. The molecule has 0 radical (unpaired) electrons. The molecule has 1 aliphatic rings. The molecule has 4 heteroatoms. The summed E-state index contributed by atoms with van der Waals surface area (Å²) in [5, 5.41) is 3.89. The van der Waals surface area contributed by atoms with Crippen molar-refractivity contribution in [3.05, 3.63) is 65.7 Å². The van der Waals surface area contributed by atoms with Gasteiger partial charge in [0.2, 0.25) is 0 Å². The normalized spacial score (nSPS) is 14.1. The molecule has 5 rings (SSSR count). The summed E-state index contributed by atoms with van der Waals surface area (Å²) >= 11 is 0. The largest absolute Gasteiger partial charge is 0.493 e. The third-order valence-electron chi connectivity index (χ3n) is 6.49. The zero-order valence-corrected chi connectivity index (χ0v) is 20.0. The van der Waals surface area contributed by atoms with Gasteiger partial charge in [0.25, 0.3) is 0 Å². The summed E-state index contributed by atoms with van der Waals surface area (Å²) in [4.78, 5) is 7.80. The summed E-state index contributed by atoms with van der Waals surface area (Å²) in [5.74, 6) is 1.51. The molecule has 4 nitrogen and oxygen atoms in total. The van der Waals surface area contributed by atoms with E-state index in [4.69, 9.17) is 14.5 Å². The SMILES string of the molecule is CCCN1CCc2c(c(-c3ccc(OC(C)C)c(OC)c3)nc3ccc4ccccc4c23)C1. The highest BCUT2D eigenvalue weighted by Gasteiger charge is 2.24. The lowest BCUT2D eigenvalue weighted by atomic mass is 9.89. The van der Waals surface area contributed by atoms with Crippen molar-refractivity contribution in [2.24, 2.45) is 0 Å². The van der Waals surface area contributed by atoms with Gasteiger partial charge in [0.05, 0.1) is 24.4 Å². The van der Waals surface area contributed by atoms with Crippen LogP contribution in [0.3, 0.4) is 0 Å². The summed E-state index contributed by atoms with van der Waals surface area (Å²) in [7, 11) is 1.70. The van der Waals surface area contributed by atoms with E-state index >= 15 is 0 Å². The van der Waals surface area contributed by atoms with Gasteiger partial charge in [0, 0.05) is 24.0 Å². The van der Waals surface area contributed by atoms with Gasteiger partial charge in [-0.2, -0.15) is 0 Å². The Labute approximate surface area is 196 Å². The number of ether oxygens (including phenoxy) is 2. The van der Waals surface area contributed by atoms with Crippen molar-refractivity contribution in [2.45, 2.75) is 46.3 Å². The fourth-order valence-corrected chi connectivity index (χ4v) is 5.08. The molecule has 1 aromatic heterocycles. The summed E-state index contributed by atoms with van der Waals surface area (Å²) in [6.07, 6.45) is 2.29. The van der Waals surface area contributed by atoms with Crippen LogP contribution >= 0.6 is 0 Å². The Morgan fingerprint density at radius 1 is 1.00 bits per heavy atom. The maximum atomic E-state index is 5.95. The van der Waals surface area contributed by atoms with Crippen molar-refractivity contribution in [3.63, 3.8) is 0 Å². The minimum absolute atomic E-state index is 0.0900. The van der Waals surface area contributed by atoms with Crippen LogP contribution in [0.4, 0.5) is 0 Å². The first-order valence-electron chi connectivity index (χ1n) is 12.0. The molecule has 0 amide bonds. The van der Waals surface area contributed by atoms with Crippen molar-refractivity contribution < 1.29 is 9.47 Å². The van der Waals surface area contributed by atoms with Crippen LogP contribution < -0.4 is 9.47 Å². The molecule has 0 saturated heterocycles. The molecule has 2 heterocycles. The Morgan fingerprint density at radius 2 is 1.85 bits per heavy atom. The summed E-state index contributed by atoms with van der Waals surface area (Å²) < 4.78 is 11.6. The molecule has 0 spiro atoms. The fraction of sp³-hybridized carbons (Fsp3) is 0.345. The first-order valence-corrected chi connectivity index (χ1v) is 12.0. The Morgan fingerprint density at radius 3 is 2.64 bits per heavy atom. The molecule has 3 aromatic carbocycles. The van der Waals surface area contributed by atoms with E-state index in [1.54, 1.807) is 7.11 Å². The molecule has 0 bridgehead atoms. The highest BCUT2D eigenvalue weighted by atomic mass is 16.5. The number of aromatic nitrogens is 1. The Kier molecular flexibility index (Phi) is 5.94. The van der Waals surface area contributed by atoms with Crippen LogP contribution in [0.15, 0.2) is 54.6 Å². The maximum absolute atomic E-state index is 5.95. The van der Waals surface area contributed by atoms with E-state index in [0.717, 1.165) is 60.7 Å². The molecule has 0 fully saturated rings. The Bertz CT molecular complexity index is 1310. The summed E-state index contributed by atoms with van der Waals surface area (Å²) in [6, 6.07) is 19.2. The lowest BCUT2D eigenvalue weighted by Crippen LogP contribution is -2.32. The van der Waals surface area contributed by atoms with Crippen LogP contribution in [0, 0.1) is 0 Å². The van der Waals surface area contributed by atoms with Gasteiger partial charge in [-0.05, 0) is 79.4 Å². The monoisotopic (exact) mass is 440 g/mol. The number of hydrogen-bond acceptors (Lipinski definition) is 4. The number of rotatable bonds is 6. The first kappa shape index (κ1) is 21.7. The van der Waals surface area contributed by atoms with E-state index in [1.165, 1.54) is 27.3 Å². The third kappa shape index (κ3) is 4.04. The minimum atomic E-state index is 0.0900. The highest BCUT2D eigenvalue weighted by molar-refractivity contribution is 6.09. The van der Waals surface area contributed by atoms with Crippen LogP contribution in [0.5, 0.6) is 11.5 Å². The van der Waals surface area contributed by atoms with E-state index in [2.05, 4.69) is 60.4 Å². The van der Waals surface area contributed by atoms with Gasteiger partial charge in [-0.1, -0.05) is 37.3 Å². The molecule has 33 heavy (non-hydrogen) atoms. The van der Waals surface area contributed by atoms with E-state index in [-0.39, 0.29) is 6.10 Å². The Hall–Kier alpha value is -3.11. The van der Waals surface area contributed by atoms with E-state index in [9.17, 15) is 0 Å². The number of pyridine rings is 1. The number of methoxy groups -OCH3 is 1. The number of fused-ring (bicyclic) bond motifs is 5. The van der Waals surface area contributed by atoms with Gasteiger partial charge in [-0.15, -0.1) is 0 Å². The second kappa shape index (κ2) is 9.03. The second-order valence-electron chi connectivity index (χ2n) is 9.16. The van der Waals surface area contributed by atoms with Crippen LogP contribution in [0.2, 0.25) is 0 Å². The summed E-state index contributed by atoms with van der Waals surface area (Å²) in [5.41, 5.74) is 5.99. The standard InChI is InChI=1S/C29H32N2O2/c1-5-15-31-16-14-23-24(18-31)29(21-11-13-26(33-19(2)3)27(17-21)32-4)30-25-12-10-20-8-6-7-9-22(20)28(23)25/h6-13,17,19H,5,14-16,18H2,1-4H3. The number of benzene rings is 3. The van der Waals surface area contributed by atoms with Crippen molar-refractivity contribution >= 4 is 21.7 Å². The molecule has 0 aliphatic carbocycles. The van der Waals surface area contributed by atoms with Crippen molar-refractivity contribution in [3.8, 4) is 22.8 Å². The summed E-state index contributed by atoms with van der Waals surface area (Å²) in [6.45, 7) is 9.44. The van der Waals surface area contributed by atoms with E-state index in [1.807, 2.05) is 19.9 Å². The van der Waals surface area contributed by atoms with Crippen LogP contribution in [0.1, 0.15) is 38.3 Å². The van der Waals surface area contributed by atoms with Gasteiger partial charge in [0.1, 0.15) is 0 Å². The molecule has 1 aliphatic heterocycles. The zero-order valence-electron chi connectivity index (χ0n) is 20.0. The molecule has 0 unspecified atom stereocenters.